The van der Waals surface area contributed by atoms with E-state index in [1.807, 2.05) is 13.8 Å². The van der Waals surface area contributed by atoms with Crippen molar-refractivity contribution in [2.75, 3.05) is 0 Å². The number of hydrogen-bond acceptors (Lipinski definition) is 5. The lowest BCUT2D eigenvalue weighted by Crippen LogP contribution is -2.19. The molecule has 1 aromatic carbocycles. The summed E-state index contributed by atoms with van der Waals surface area (Å²) < 4.78 is 1.54. The van der Waals surface area contributed by atoms with Crippen LogP contribution in [0.1, 0.15) is 44.0 Å². The van der Waals surface area contributed by atoms with Crippen LogP contribution in [0.25, 0.3) is 0 Å². The van der Waals surface area contributed by atoms with Gasteiger partial charge in [-0.3, -0.25) is 4.57 Å². The molecule has 0 aliphatic rings. The molecule has 0 saturated carbocycles. The Morgan fingerprint density at radius 3 is 2.71 bits per heavy atom. The average Bonchev–Trinajstić information content (AvgIpc) is 2.79. The normalized spacial score (nSPS) is 12.4. The standard InChI is InChI=1S/C14H16N4O2S/c1-8(2)18-13(20)16-17-14(18)21-12-6-10(7-15)4-5-11(12)9(3)19/h4-6,8-9,19H,1-3H3,(H,16,20)/t9-/m1/s1. The summed E-state index contributed by atoms with van der Waals surface area (Å²) in [5.41, 5.74) is 0.920. The predicted molar refractivity (Wildman–Crippen MR) is 79.1 cm³/mol. The lowest BCUT2D eigenvalue weighted by atomic mass is 10.1. The van der Waals surface area contributed by atoms with Gasteiger partial charge < -0.3 is 5.11 Å². The van der Waals surface area contributed by atoms with Crippen molar-refractivity contribution in [1.29, 1.82) is 5.26 Å². The predicted octanol–water partition coefficient (Wildman–Crippen LogP) is 2.23. The fraction of sp³-hybridized carbons (Fsp3) is 0.357. The number of H-pyrrole nitrogens is 1. The van der Waals surface area contributed by atoms with Crippen molar-refractivity contribution in [1.82, 2.24) is 14.8 Å². The molecule has 2 aromatic rings. The molecule has 0 amide bonds. The highest BCUT2D eigenvalue weighted by molar-refractivity contribution is 7.99. The third-order valence-corrected chi connectivity index (χ3v) is 4.03. The van der Waals surface area contributed by atoms with E-state index in [0.717, 1.165) is 0 Å². The summed E-state index contributed by atoms with van der Waals surface area (Å²) >= 11 is 1.26. The van der Waals surface area contributed by atoms with E-state index in [-0.39, 0.29) is 11.7 Å². The Morgan fingerprint density at radius 2 is 2.14 bits per heavy atom. The first-order chi connectivity index (χ1) is 9.93. The molecule has 6 nitrogen and oxygen atoms in total. The molecule has 110 valence electrons. The number of hydrogen-bond donors (Lipinski definition) is 2. The molecule has 21 heavy (non-hydrogen) atoms. The number of aromatic amines is 1. The monoisotopic (exact) mass is 304 g/mol. The van der Waals surface area contributed by atoms with Crippen molar-refractivity contribution in [3.8, 4) is 6.07 Å². The number of aliphatic hydroxyl groups is 1. The van der Waals surface area contributed by atoms with Gasteiger partial charge in [0.25, 0.3) is 0 Å². The van der Waals surface area contributed by atoms with E-state index >= 15 is 0 Å². The van der Waals surface area contributed by atoms with Gasteiger partial charge in [-0.2, -0.15) is 5.26 Å². The van der Waals surface area contributed by atoms with E-state index in [1.54, 1.807) is 25.1 Å². The number of aliphatic hydroxyl groups excluding tert-OH is 1. The molecule has 0 radical (unpaired) electrons. The first-order valence-corrected chi connectivity index (χ1v) is 7.32. The molecule has 0 unspecified atom stereocenters. The molecule has 0 saturated heterocycles. The zero-order valence-electron chi connectivity index (χ0n) is 12.0. The highest BCUT2D eigenvalue weighted by Gasteiger charge is 2.16. The minimum atomic E-state index is -0.668. The molecule has 0 spiro atoms. The van der Waals surface area contributed by atoms with E-state index in [1.165, 1.54) is 16.3 Å². The number of nitrogens with one attached hydrogen (secondary N) is 1. The lowest BCUT2D eigenvalue weighted by Gasteiger charge is -2.13. The van der Waals surface area contributed by atoms with E-state index in [4.69, 9.17) is 5.26 Å². The van der Waals surface area contributed by atoms with Gasteiger partial charge in [-0.25, -0.2) is 9.89 Å². The Bertz CT molecular complexity index is 740. The van der Waals surface area contributed by atoms with Crippen LogP contribution in [0, 0.1) is 11.3 Å². The van der Waals surface area contributed by atoms with E-state index in [2.05, 4.69) is 16.3 Å². The van der Waals surface area contributed by atoms with Crippen molar-refractivity contribution in [3.63, 3.8) is 0 Å². The Morgan fingerprint density at radius 1 is 1.43 bits per heavy atom. The molecular weight excluding hydrogens is 288 g/mol. The van der Waals surface area contributed by atoms with Crippen LogP contribution in [0.3, 0.4) is 0 Å². The number of aromatic nitrogens is 3. The summed E-state index contributed by atoms with van der Waals surface area (Å²) in [6.45, 7) is 5.44. The van der Waals surface area contributed by atoms with Gasteiger partial charge in [0, 0.05) is 10.9 Å². The zero-order chi connectivity index (χ0) is 15.6. The molecule has 1 atom stereocenters. The molecule has 1 aromatic heterocycles. The number of rotatable bonds is 4. The summed E-state index contributed by atoms with van der Waals surface area (Å²) in [6, 6.07) is 7.10. The highest BCUT2D eigenvalue weighted by atomic mass is 32.2. The lowest BCUT2D eigenvalue weighted by molar-refractivity contribution is 0.196. The quantitative estimate of drug-likeness (QED) is 0.903. The average molecular weight is 304 g/mol. The zero-order valence-corrected chi connectivity index (χ0v) is 12.8. The van der Waals surface area contributed by atoms with Crippen molar-refractivity contribution < 1.29 is 5.11 Å². The molecule has 0 aliphatic carbocycles. The first-order valence-electron chi connectivity index (χ1n) is 6.51. The van der Waals surface area contributed by atoms with Gasteiger partial charge in [0.15, 0.2) is 5.16 Å². The topological polar surface area (TPSA) is 94.7 Å². The van der Waals surface area contributed by atoms with Crippen molar-refractivity contribution in [3.05, 3.63) is 39.8 Å². The number of nitriles is 1. The molecule has 2 N–H and O–H groups in total. The summed E-state index contributed by atoms with van der Waals surface area (Å²) in [5, 5.41) is 25.8. The number of benzene rings is 1. The Labute approximate surface area is 126 Å². The van der Waals surface area contributed by atoms with Gasteiger partial charge >= 0.3 is 5.69 Å². The van der Waals surface area contributed by atoms with Crippen LogP contribution in [0.2, 0.25) is 0 Å². The van der Waals surface area contributed by atoms with Crippen LogP contribution in [0.15, 0.2) is 33.0 Å². The van der Waals surface area contributed by atoms with Gasteiger partial charge in [0.1, 0.15) is 0 Å². The van der Waals surface area contributed by atoms with Crippen LogP contribution < -0.4 is 5.69 Å². The number of nitrogens with zero attached hydrogens (tertiary/aromatic N) is 3. The van der Waals surface area contributed by atoms with Gasteiger partial charge in [-0.15, -0.1) is 5.10 Å². The van der Waals surface area contributed by atoms with Crippen LogP contribution >= 0.6 is 11.8 Å². The van der Waals surface area contributed by atoms with Gasteiger partial charge in [0.2, 0.25) is 0 Å². The van der Waals surface area contributed by atoms with Gasteiger partial charge in [-0.1, -0.05) is 6.07 Å². The van der Waals surface area contributed by atoms with Crippen molar-refractivity contribution in [2.45, 2.75) is 43.0 Å². The fourth-order valence-corrected chi connectivity index (χ4v) is 3.18. The molecule has 7 heteroatoms. The van der Waals surface area contributed by atoms with Crippen LogP contribution in [-0.4, -0.2) is 19.9 Å². The van der Waals surface area contributed by atoms with Crippen LogP contribution in [0.4, 0.5) is 0 Å². The third-order valence-electron chi connectivity index (χ3n) is 2.98. The first kappa shape index (κ1) is 15.4. The van der Waals surface area contributed by atoms with Crippen LogP contribution in [-0.2, 0) is 0 Å². The summed E-state index contributed by atoms with van der Waals surface area (Å²) in [6.07, 6.45) is -0.668. The van der Waals surface area contributed by atoms with E-state index < -0.39 is 6.10 Å². The van der Waals surface area contributed by atoms with Gasteiger partial charge in [0.05, 0.1) is 17.7 Å². The SMILES string of the molecule is CC(C)n1c(Sc2cc(C#N)ccc2[C@@H](C)O)n[nH]c1=O. The fourth-order valence-electron chi connectivity index (χ4n) is 1.95. The summed E-state index contributed by atoms with van der Waals surface area (Å²) in [7, 11) is 0. The maximum Gasteiger partial charge on any atom is 0.344 e. The Kier molecular flexibility index (Phi) is 4.50. The largest absolute Gasteiger partial charge is 0.389 e. The van der Waals surface area contributed by atoms with Crippen molar-refractivity contribution in [2.24, 2.45) is 0 Å². The molecule has 0 aliphatic heterocycles. The highest BCUT2D eigenvalue weighted by Crippen LogP contribution is 2.33. The second-order valence-electron chi connectivity index (χ2n) is 4.92. The molecule has 0 fully saturated rings. The van der Waals surface area contributed by atoms with Gasteiger partial charge in [-0.05, 0) is 50.2 Å². The molecule has 0 bridgehead atoms. The molecule has 1 heterocycles. The minimum Gasteiger partial charge on any atom is -0.389 e. The van der Waals surface area contributed by atoms with Crippen LogP contribution in [0.5, 0.6) is 0 Å². The van der Waals surface area contributed by atoms with E-state index in [9.17, 15) is 9.90 Å². The molecular formula is C14H16N4O2S. The van der Waals surface area contributed by atoms with E-state index in [0.29, 0.717) is 21.2 Å². The smallest absolute Gasteiger partial charge is 0.344 e. The Hall–Kier alpha value is -2.04. The minimum absolute atomic E-state index is 0.0344. The second-order valence-corrected chi connectivity index (χ2v) is 5.93. The maximum atomic E-state index is 11.7. The molecule has 2 rings (SSSR count). The third kappa shape index (κ3) is 3.17. The second kappa shape index (κ2) is 6.16. The van der Waals surface area contributed by atoms with Crippen molar-refractivity contribution >= 4 is 11.8 Å². The maximum absolute atomic E-state index is 11.7. The summed E-state index contributed by atoms with van der Waals surface area (Å²) in [4.78, 5) is 12.5. The Balaban J connectivity index is 2.49. The summed E-state index contributed by atoms with van der Waals surface area (Å²) in [5.74, 6) is 0.